The number of halogens is 2. The molecule has 2 N–H and O–H groups in total. The number of hydrogen-bond acceptors (Lipinski definition) is 3. The van der Waals surface area contributed by atoms with E-state index in [1.54, 1.807) is 18.2 Å². The largest absolute Gasteiger partial charge is 0.343 e. The van der Waals surface area contributed by atoms with E-state index in [1.807, 2.05) is 0 Å². The Morgan fingerprint density at radius 2 is 1.96 bits per heavy atom. The zero-order chi connectivity index (χ0) is 17.4. The second kappa shape index (κ2) is 7.92. The minimum absolute atomic E-state index is 0. The summed E-state index contributed by atoms with van der Waals surface area (Å²) in [5, 5.41) is 6.32. The van der Waals surface area contributed by atoms with Crippen LogP contribution in [-0.2, 0) is 9.59 Å². The van der Waals surface area contributed by atoms with Crippen molar-refractivity contribution in [3.8, 4) is 0 Å². The maximum absolute atomic E-state index is 13.9. The monoisotopic (exact) mass is 381 g/mol. The highest BCUT2D eigenvalue weighted by atomic mass is 35.5. The predicted molar refractivity (Wildman–Crippen MR) is 99.8 cm³/mol. The fourth-order valence-corrected chi connectivity index (χ4v) is 4.52. The van der Waals surface area contributed by atoms with Crippen molar-refractivity contribution in [2.75, 3.05) is 11.4 Å². The summed E-state index contributed by atoms with van der Waals surface area (Å²) in [7, 11) is 0. The van der Waals surface area contributed by atoms with Crippen LogP contribution in [0.15, 0.2) is 24.3 Å². The van der Waals surface area contributed by atoms with E-state index in [9.17, 15) is 14.0 Å². The number of carbonyl (C=O) groups is 2. The normalized spacial score (nSPS) is 30.7. The molecule has 0 bridgehead atoms. The van der Waals surface area contributed by atoms with E-state index in [2.05, 4.69) is 10.6 Å². The number of fused-ring (bicyclic) bond motifs is 1. The third kappa shape index (κ3) is 3.58. The van der Waals surface area contributed by atoms with Gasteiger partial charge < -0.3 is 15.5 Å². The van der Waals surface area contributed by atoms with Crippen LogP contribution in [0.25, 0.3) is 0 Å². The highest BCUT2D eigenvalue weighted by Gasteiger charge is 2.41. The first-order valence-electron chi connectivity index (χ1n) is 9.26. The summed E-state index contributed by atoms with van der Waals surface area (Å²) in [6.45, 7) is 0.425. The molecule has 7 heteroatoms. The van der Waals surface area contributed by atoms with E-state index in [4.69, 9.17) is 0 Å². The van der Waals surface area contributed by atoms with Gasteiger partial charge in [0.25, 0.3) is 0 Å². The van der Waals surface area contributed by atoms with Gasteiger partial charge >= 0.3 is 0 Å². The maximum atomic E-state index is 13.9. The summed E-state index contributed by atoms with van der Waals surface area (Å²) in [6.07, 6.45) is 6.16. The van der Waals surface area contributed by atoms with Gasteiger partial charge in [0.1, 0.15) is 11.9 Å². The second-order valence-corrected chi connectivity index (χ2v) is 7.40. The zero-order valence-electron chi connectivity index (χ0n) is 14.6. The topological polar surface area (TPSA) is 61.4 Å². The molecule has 4 unspecified atom stereocenters. The number of carbonyl (C=O) groups excluding carboxylic acids is 2. The van der Waals surface area contributed by atoms with Gasteiger partial charge in [-0.25, -0.2) is 4.39 Å². The predicted octanol–water partition coefficient (Wildman–Crippen LogP) is 2.39. The molecule has 3 fully saturated rings. The quantitative estimate of drug-likeness (QED) is 0.845. The third-order valence-electron chi connectivity index (χ3n) is 5.84. The second-order valence-electron chi connectivity index (χ2n) is 7.40. The summed E-state index contributed by atoms with van der Waals surface area (Å²) in [4.78, 5) is 26.6. The highest BCUT2D eigenvalue weighted by Crippen LogP contribution is 2.33. The van der Waals surface area contributed by atoms with Crippen molar-refractivity contribution < 1.29 is 14.0 Å². The van der Waals surface area contributed by atoms with Gasteiger partial charge in [-0.05, 0) is 43.7 Å². The van der Waals surface area contributed by atoms with Crippen LogP contribution < -0.4 is 15.5 Å². The Morgan fingerprint density at radius 3 is 2.73 bits per heavy atom. The number of hydrogen-bond donors (Lipinski definition) is 2. The van der Waals surface area contributed by atoms with E-state index in [0.717, 1.165) is 12.8 Å². The Balaban J connectivity index is 0.00000196. The average Bonchev–Trinajstić information content (AvgIpc) is 3.20. The minimum atomic E-state index is -0.559. The highest BCUT2D eigenvalue weighted by molar-refractivity contribution is 6.01. The Morgan fingerprint density at radius 1 is 1.19 bits per heavy atom. The lowest BCUT2D eigenvalue weighted by Gasteiger charge is -2.24. The van der Waals surface area contributed by atoms with Gasteiger partial charge in [-0.2, -0.15) is 0 Å². The molecule has 3 aliphatic rings. The SMILES string of the molecule is Cl.O=C(NC1CCN(c2ccccc2F)C1=O)C1CC2CCCCC2N1. The lowest BCUT2D eigenvalue weighted by Crippen LogP contribution is -2.49. The van der Waals surface area contributed by atoms with Crippen LogP contribution >= 0.6 is 12.4 Å². The van der Waals surface area contributed by atoms with Crippen molar-refractivity contribution in [1.29, 1.82) is 0 Å². The minimum Gasteiger partial charge on any atom is -0.343 e. The number of amides is 2. The Hall–Kier alpha value is -1.66. The number of rotatable bonds is 3. The first kappa shape index (κ1) is 19.1. The molecule has 0 spiro atoms. The first-order chi connectivity index (χ1) is 12.1. The van der Waals surface area contributed by atoms with Crippen LogP contribution in [-0.4, -0.2) is 36.5 Å². The number of benzene rings is 1. The van der Waals surface area contributed by atoms with Gasteiger partial charge in [0, 0.05) is 12.6 Å². The van der Waals surface area contributed by atoms with E-state index in [-0.39, 0.29) is 36.0 Å². The van der Waals surface area contributed by atoms with Crippen LogP contribution in [0.1, 0.15) is 38.5 Å². The summed E-state index contributed by atoms with van der Waals surface area (Å²) in [5.41, 5.74) is 0.286. The molecule has 1 aromatic carbocycles. The molecule has 2 aliphatic heterocycles. The number of anilines is 1. The van der Waals surface area contributed by atoms with Crippen molar-refractivity contribution in [3.05, 3.63) is 30.1 Å². The molecule has 4 rings (SSSR count). The molecule has 4 atom stereocenters. The molecule has 2 amide bonds. The standard InChI is InChI=1S/C19H24FN3O2.ClH/c20-13-6-2-4-8-17(13)23-10-9-15(19(23)25)22-18(24)16-11-12-5-1-3-7-14(12)21-16;/h2,4,6,8,12,14-16,21H,1,3,5,7,9-11H2,(H,22,24);1H. The molecule has 1 aliphatic carbocycles. The van der Waals surface area contributed by atoms with Gasteiger partial charge in [-0.15, -0.1) is 12.4 Å². The molecular weight excluding hydrogens is 357 g/mol. The van der Waals surface area contributed by atoms with Crippen LogP contribution in [0, 0.1) is 11.7 Å². The van der Waals surface area contributed by atoms with E-state index >= 15 is 0 Å². The molecule has 1 aromatic rings. The van der Waals surface area contributed by atoms with E-state index < -0.39 is 11.9 Å². The smallest absolute Gasteiger partial charge is 0.249 e. The lowest BCUT2D eigenvalue weighted by molar-refractivity contribution is -0.127. The average molecular weight is 382 g/mol. The van der Waals surface area contributed by atoms with Crippen molar-refractivity contribution in [2.24, 2.45) is 5.92 Å². The van der Waals surface area contributed by atoms with E-state index in [0.29, 0.717) is 24.9 Å². The Labute approximate surface area is 159 Å². The Kier molecular flexibility index (Phi) is 5.82. The molecule has 26 heavy (non-hydrogen) atoms. The van der Waals surface area contributed by atoms with Crippen molar-refractivity contribution in [2.45, 2.75) is 56.7 Å². The number of para-hydroxylation sites is 1. The summed E-state index contributed by atoms with van der Waals surface area (Å²) < 4.78 is 13.9. The first-order valence-corrected chi connectivity index (χ1v) is 9.26. The lowest BCUT2D eigenvalue weighted by atomic mass is 9.85. The van der Waals surface area contributed by atoms with Crippen molar-refractivity contribution in [1.82, 2.24) is 10.6 Å². The van der Waals surface area contributed by atoms with E-state index in [1.165, 1.54) is 30.2 Å². The van der Waals surface area contributed by atoms with Gasteiger partial charge in [-0.3, -0.25) is 9.59 Å². The molecule has 5 nitrogen and oxygen atoms in total. The molecule has 0 aromatic heterocycles. The molecule has 2 saturated heterocycles. The van der Waals surface area contributed by atoms with Gasteiger partial charge in [0.15, 0.2) is 0 Å². The third-order valence-corrected chi connectivity index (χ3v) is 5.84. The molecule has 2 heterocycles. The molecule has 0 radical (unpaired) electrons. The van der Waals surface area contributed by atoms with Gasteiger partial charge in [-0.1, -0.05) is 25.0 Å². The van der Waals surface area contributed by atoms with Crippen molar-refractivity contribution >= 4 is 29.9 Å². The Bertz CT molecular complexity index is 673. The maximum Gasteiger partial charge on any atom is 0.249 e. The molecule has 1 saturated carbocycles. The van der Waals surface area contributed by atoms with Crippen LogP contribution in [0.4, 0.5) is 10.1 Å². The fraction of sp³-hybridized carbons (Fsp3) is 0.579. The van der Waals surface area contributed by atoms with Crippen LogP contribution in [0.2, 0.25) is 0 Å². The number of nitrogens with one attached hydrogen (secondary N) is 2. The van der Waals surface area contributed by atoms with Crippen LogP contribution in [0.3, 0.4) is 0 Å². The van der Waals surface area contributed by atoms with Gasteiger partial charge in [0.05, 0.1) is 11.7 Å². The van der Waals surface area contributed by atoms with Crippen molar-refractivity contribution in [3.63, 3.8) is 0 Å². The summed E-state index contributed by atoms with van der Waals surface area (Å²) in [6, 6.07) is 5.93. The molecule has 142 valence electrons. The van der Waals surface area contributed by atoms with Crippen LogP contribution in [0.5, 0.6) is 0 Å². The number of nitrogens with zero attached hydrogens (tertiary/aromatic N) is 1. The fourth-order valence-electron chi connectivity index (χ4n) is 4.52. The summed E-state index contributed by atoms with van der Waals surface area (Å²) >= 11 is 0. The molecular formula is C19H25ClFN3O2. The summed E-state index contributed by atoms with van der Waals surface area (Å²) in [5.74, 6) is -0.153. The zero-order valence-corrected chi connectivity index (χ0v) is 15.4. The van der Waals surface area contributed by atoms with Gasteiger partial charge in [0.2, 0.25) is 11.8 Å².